The second kappa shape index (κ2) is 8.81. The molecule has 2 N–H and O–H groups in total. The lowest BCUT2D eigenvalue weighted by atomic mass is 9.97. The number of ketones is 1. The van der Waals surface area contributed by atoms with Crippen LogP contribution >= 0.6 is 10.6 Å². The van der Waals surface area contributed by atoms with Crippen molar-refractivity contribution in [3.8, 4) is 11.1 Å². The van der Waals surface area contributed by atoms with Crippen LogP contribution in [0.25, 0.3) is 11.1 Å². The molecule has 0 amide bonds. The first-order valence-electron chi connectivity index (χ1n) is 11.6. The van der Waals surface area contributed by atoms with Gasteiger partial charge >= 0.3 is 0 Å². The van der Waals surface area contributed by atoms with Crippen molar-refractivity contribution in [3.63, 3.8) is 0 Å². The first-order chi connectivity index (χ1) is 17.5. The van der Waals surface area contributed by atoms with Crippen LogP contribution in [0.3, 0.4) is 0 Å². The molecule has 0 saturated heterocycles. The molecular weight excluding hydrogens is 466 g/mol. The van der Waals surface area contributed by atoms with E-state index in [4.69, 9.17) is 0 Å². The van der Waals surface area contributed by atoms with Gasteiger partial charge in [-0.05, 0) is 71.8 Å². The number of carbonyl (C=O) groups is 1. The van der Waals surface area contributed by atoms with E-state index in [1.807, 2.05) is 54.6 Å². The molecule has 4 nitrogen and oxygen atoms in total. The number of para-hydroxylation sites is 2. The Bertz CT molecular complexity index is 1530. The Balaban J connectivity index is 1.39. The minimum atomic E-state index is -3.24. The van der Waals surface area contributed by atoms with Gasteiger partial charge in [0.05, 0.1) is 9.79 Å². The molecule has 0 saturated carbocycles. The zero-order valence-corrected chi connectivity index (χ0v) is 20.1. The molecule has 0 aliphatic carbocycles. The largest absolute Gasteiger partial charge is 0.311 e. The molecule has 5 aromatic carbocycles. The number of anilines is 3. The monoisotopic (exact) mass is 489 g/mol. The van der Waals surface area contributed by atoms with Gasteiger partial charge < -0.3 is 4.90 Å². The quantitative estimate of drug-likeness (QED) is 0.266. The van der Waals surface area contributed by atoms with E-state index in [0.29, 0.717) is 16.0 Å². The maximum Gasteiger partial charge on any atom is 0.196 e. The average Bonchev–Trinajstić information content (AvgIpc) is 2.93. The Morgan fingerprint density at radius 2 is 1.00 bits per heavy atom. The van der Waals surface area contributed by atoms with Crippen LogP contribution < -0.4 is 4.90 Å². The summed E-state index contributed by atoms with van der Waals surface area (Å²) in [6.07, 6.45) is 0. The van der Waals surface area contributed by atoms with Gasteiger partial charge in [-0.3, -0.25) is 13.9 Å². The van der Waals surface area contributed by atoms with Gasteiger partial charge in [-0.15, -0.1) is 10.6 Å². The summed E-state index contributed by atoms with van der Waals surface area (Å²) in [6, 6.07) is 40.5. The van der Waals surface area contributed by atoms with Crippen LogP contribution in [0.2, 0.25) is 0 Å². The van der Waals surface area contributed by atoms with Crippen molar-refractivity contribution in [1.82, 2.24) is 0 Å². The molecule has 176 valence electrons. The van der Waals surface area contributed by atoms with Gasteiger partial charge in [0, 0.05) is 28.2 Å². The third kappa shape index (κ3) is 3.71. The van der Waals surface area contributed by atoms with Gasteiger partial charge in [-0.2, -0.15) is 0 Å². The first kappa shape index (κ1) is 22.3. The highest BCUT2D eigenvalue weighted by Gasteiger charge is 2.34. The highest BCUT2D eigenvalue weighted by molar-refractivity contribution is 8.24. The summed E-state index contributed by atoms with van der Waals surface area (Å²) >= 11 is 0. The number of nitrogens with zero attached hydrogens (tertiary/aromatic N) is 1. The van der Waals surface area contributed by atoms with Gasteiger partial charge in [0.2, 0.25) is 0 Å². The van der Waals surface area contributed by atoms with Crippen LogP contribution in [0.5, 0.6) is 0 Å². The van der Waals surface area contributed by atoms with Crippen LogP contribution in [0.1, 0.15) is 15.9 Å². The van der Waals surface area contributed by atoms with Crippen LogP contribution in [-0.2, 0) is 0 Å². The van der Waals surface area contributed by atoms with Crippen molar-refractivity contribution in [3.05, 3.63) is 139 Å². The Morgan fingerprint density at radius 3 is 1.64 bits per heavy atom. The SMILES string of the molecule is O=C1c2ccccc2S(O)(O)c2ccc(-c3ccc(N(c4ccccc4)c4ccccc4)cc3)cc21. The molecule has 0 spiro atoms. The van der Waals surface area contributed by atoms with Crippen LogP contribution in [0, 0.1) is 0 Å². The third-order valence-electron chi connectivity index (χ3n) is 6.46. The van der Waals surface area contributed by atoms with Crippen molar-refractivity contribution >= 4 is 33.4 Å². The molecule has 0 radical (unpaired) electrons. The Labute approximate surface area is 211 Å². The normalized spacial score (nSPS) is 14.4. The molecule has 1 heterocycles. The molecule has 0 unspecified atom stereocenters. The predicted octanol–water partition coefficient (Wildman–Crippen LogP) is 8.54. The zero-order chi connectivity index (χ0) is 24.7. The van der Waals surface area contributed by atoms with E-state index in [0.717, 1.165) is 28.2 Å². The van der Waals surface area contributed by atoms with E-state index in [-0.39, 0.29) is 10.7 Å². The first-order valence-corrected chi connectivity index (χ1v) is 13.2. The number of fused-ring (bicyclic) bond motifs is 2. The fourth-order valence-corrected chi connectivity index (χ4v) is 6.39. The molecule has 1 aliphatic heterocycles. The molecule has 5 aromatic rings. The standard InChI is InChI=1S/C31H23NO3S/c33-31-27-13-7-8-14-29(27)36(34,35)30-20-17-23(21-28(30)31)22-15-18-26(19-16-22)32(24-9-3-1-4-10-24)25-11-5-2-6-12-25/h1-21,34-35H. The molecule has 0 fully saturated rings. The van der Waals surface area contributed by atoms with Crippen molar-refractivity contribution in [1.29, 1.82) is 0 Å². The predicted molar refractivity (Wildman–Crippen MR) is 146 cm³/mol. The number of carbonyl (C=O) groups excluding carboxylic acids is 1. The van der Waals surface area contributed by atoms with Gasteiger partial charge in [0.15, 0.2) is 5.78 Å². The smallest absolute Gasteiger partial charge is 0.196 e. The second-order valence-corrected chi connectivity index (χ2v) is 10.6. The number of benzene rings is 5. The minimum Gasteiger partial charge on any atom is -0.311 e. The van der Waals surface area contributed by atoms with E-state index < -0.39 is 10.6 Å². The summed E-state index contributed by atoms with van der Waals surface area (Å²) in [5, 5.41) is 0. The van der Waals surface area contributed by atoms with E-state index in [1.165, 1.54) is 0 Å². The molecule has 1 aliphatic rings. The lowest BCUT2D eigenvalue weighted by Crippen LogP contribution is -2.18. The maximum absolute atomic E-state index is 13.2. The fraction of sp³-hybridized carbons (Fsp3) is 0. The van der Waals surface area contributed by atoms with Crippen molar-refractivity contribution in [2.75, 3.05) is 4.90 Å². The van der Waals surface area contributed by atoms with Gasteiger partial charge in [-0.25, -0.2) is 0 Å². The van der Waals surface area contributed by atoms with E-state index in [1.54, 1.807) is 36.4 Å². The lowest BCUT2D eigenvalue weighted by molar-refractivity contribution is 0.103. The fourth-order valence-electron chi connectivity index (χ4n) is 4.71. The lowest BCUT2D eigenvalue weighted by Gasteiger charge is -2.38. The van der Waals surface area contributed by atoms with Crippen LogP contribution in [0.4, 0.5) is 17.1 Å². The number of hydrogen-bond donors (Lipinski definition) is 2. The highest BCUT2D eigenvalue weighted by Crippen LogP contribution is 2.61. The van der Waals surface area contributed by atoms with Gasteiger partial charge in [0.25, 0.3) is 0 Å². The Hall–Kier alpha value is -4.16. The third-order valence-corrected chi connectivity index (χ3v) is 8.40. The van der Waals surface area contributed by atoms with Crippen LogP contribution in [0.15, 0.2) is 137 Å². The number of hydrogen-bond acceptors (Lipinski definition) is 4. The van der Waals surface area contributed by atoms with Gasteiger partial charge in [0.1, 0.15) is 0 Å². The highest BCUT2D eigenvalue weighted by atomic mass is 32.3. The molecule has 6 rings (SSSR count). The zero-order valence-electron chi connectivity index (χ0n) is 19.3. The van der Waals surface area contributed by atoms with E-state index >= 15 is 0 Å². The van der Waals surface area contributed by atoms with Crippen molar-refractivity contribution in [2.24, 2.45) is 0 Å². The van der Waals surface area contributed by atoms with Crippen molar-refractivity contribution < 1.29 is 13.9 Å². The van der Waals surface area contributed by atoms with E-state index in [2.05, 4.69) is 41.3 Å². The topological polar surface area (TPSA) is 60.8 Å². The summed E-state index contributed by atoms with van der Waals surface area (Å²) in [5.41, 5.74) is 5.58. The molecule has 0 aromatic heterocycles. The molecule has 36 heavy (non-hydrogen) atoms. The molecule has 5 heteroatoms. The van der Waals surface area contributed by atoms with Gasteiger partial charge in [-0.1, -0.05) is 66.7 Å². The summed E-state index contributed by atoms with van der Waals surface area (Å²) in [6.45, 7) is 0. The second-order valence-electron chi connectivity index (χ2n) is 8.64. The van der Waals surface area contributed by atoms with E-state index in [9.17, 15) is 13.9 Å². The molecular formula is C31H23NO3S. The number of rotatable bonds is 4. The summed E-state index contributed by atoms with van der Waals surface area (Å²) in [5.74, 6) is -0.190. The summed E-state index contributed by atoms with van der Waals surface area (Å²) in [4.78, 5) is 16.0. The average molecular weight is 490 g/mol. The minimum absolute atomic E-state index is 0.190. The summed E-state index contributed by atoms with van der Waals surface area (Å²) in [7, 11) is -3.24. The van der Waals surface area contributed by atoms with Crippen molar-refractivity contribution in [2.45, 2.75) is 9.79 Å². The Kier molecular flexibility index (Phi) is 5.46. The summed E-state index contributed by atoms with van der Waals surface area (Å²) < 4.78 is 21.9. The Morgan fingerprint density at radius 1 is 0.500 bits per heavy atom. The molecule has 0 bridgehead atoms. The van der Waals surface area contributed by atoms with Crippen LogP contribution in [-0.4, -0.2) is 14.9 Å². The maximum atomic E-state index is 13.2. The molecule has 0 atom stereocenters.